The van der Waals surface area contributed by atoms with Crippen molar-refractivity contribution < 1.29 is 4.74 Å². The third-order valence-electron chi connectivity index (χ3n) is 3.66. The van der Waals surface area contributed by atoms with Gasteiger partial charge in [-0.15, -0.1) is 11.3 Å². The molecular formula is C14H23N5OS. The monoisotopic (exact) mass is 309 g/mol. The molecule has 3 N–H and O–H groups in total. The number of hydrazine groups is 1. The first kappa shape index (κ1) is 15.9. The number of fused-ring (bicyclic) bond motifs is 1. The van der Waals surface area contributed by atoms with E-state index in [1.165, 1.54) is 4.88 Å². The maximum atomic E-state index is 5.96. The number of ether oxygens (including phenoxy) is 1. The van der Waals surface area contributed by atoms with Gasteiger partial charge in [0.05, 0.1) is 5.39 Å². The van der Waals surface area contributed by atoms with Gasteiger partial charge in [-0.2, -0.15) is 4.98 Å². The van der Waals surface area contributed by atoms with E-state index in [0.717, 1.165) is 16.6 Å². The minimum absolute atomic E-state index is 0.0861. The molecule has 6 nitrogen and oxygen atoms in total. The van der Waals surface area contributed by atoms with E-state index in [2.05, 4.69) is 47.1 Å². The molecule has 0 saturated carbocycles. The largest absolute Gasteiger partial charge is 0.475 e. The van der Waals surface area contributed by atoms with Gasteiger partial charge in [-0.3, -0.25) is 5.43 Å². The zero-order valence-electron chi connectivity index (χ0n) is 13.2. The summed E-state index contributed by atoms with van der Waals surface area (Å²) >= 11 is 1.64. The predicted molar refractivity (Wildman–Crippen MR) is 87.9 cm³/mol. The molecule has 21 heavy (non-hydrogen) atoms. The van der Waals surface area contributed by atoms with E-state index in [4.69, 9.17) is 10.6 Å². The molecule has 0 atom stereocenters. The standard InChI is InChI=1S/C14H23N5OS/c1-6-9-7-10-11(20-8-14(2,3)19(4)5)16-13(18-15)17-12(10)21-9/h7H,6,8,15H2,1-5H3,(H,16,17,18). The van der Waals surface area contributed by atoms with Crippen molar-refractivity contribution in [3.8, 4) is 5.88 Å². The Labute approximate surface area is 129 Å². The minimum atomic E-state index is -0.0861. The second kappa shape index (κ2) is 6.13. The fraction of sp³-hybridized carbons (Fsp3) is 0.571. The van der Waals surface area contributed by atoms with E-state index in [1.807, 2.05) is 14.1 Å². The highest BCUT2D eigenvalue weighted by atomic mass is 32.1. The van der Waals surface area contributed by atoms with E-state index in [9.17, 15) is 0 Å². The summed E-state index contributed by atoms with van der Waals surface area (Å²) in [5.74, 6) is 6.41. The Morgan fingerprint density at radius 3 is 2.67 bits per heavy atom. The summed E-state index contributed by atoms with van der Waals surface area (Å²) in [6, 6.07) is 2.10. The molecule has 0 fully saturated rings. The van der Waals surface area contributed by atoms with Crippen LogP contribution in [0.3, 0.4) is 0 Å². The number of likely N-dealkylation sites (N-methyl/N-ethyl adjacent to an activating group) is 1. The van der Waals surface area contributed by atoms with Crippen LogP contribution in [0.5, 0.6) is 5.88 Å². The van der Waals surface area contributed by atoms with Gasteiger partial charge in [-0.25, -0.2) is 10.8 Å². The van der Waals surface area contributed by atoms with Gasteiger partial charge in [0.25, 0.3) is 0 Å². The molecule has 2 rings (SSSR count). The summed E-state index contributed by atoms with van der Waals surface area (Å²) in [6.07, 6.45) is 0.967. The summed E-state index contributed by atoms with van der Waals surface area (Å²) < 4.78 is 5.96. The highest BCUT2D eigenvalue weighted by Crippen LogP contribution is 2.32. The number of hydrogen-bond acceptors (Lipinski definition) is 7. The van der Waals surface area contributed by atoms with Crippen LogP contribution < -0.4 is 16.0 Å². The summed E-state index contributed by atoms with van der Waals surface area (Å²) in [5.41, 5.74) is 2.41. The first-order valence-corrected chi connectivity index (χ1v) is 7.76. The molecule has 2 aromatic rings. The molecule has 0 spiro atoms. The zero-order chi connectivity index (χ0) is 15.6. The summed E-state index contributed by atoms with van der Waals surface area (Å²) in [5, 5.41) is 0.949. The number of aromatic nitrogens is 2. The van der Waals surface area contributed by atoms with E-state index in [1.54, 1.807) is 11.3 Å². The van der Waals surface area contributed by atoms with Crippen LogP contribution in [0.4, 0.5) is 5.95 Å². The fourth-order valence-electron chi connectivity index (χ4n) is 1.67. The average molecular weight is 309 g/mol. The number of rotatable bonds is 6. The van der Waals surface area contributed by atoms with Crippen molar-refractivity contribution in [3.05, 3.63) is 10.9 Å². The Morgan fingerprint density at radius 2 is 2.10 bits per heavy atom. The molecule has 0 unspecified atom stereocenters. The molecule has 2 heterocycles. The van der Waals surface area contributed by atoms with Crippen molar-refractivity contribution in [1.82, 2.24) is 14.9 Å². The van der Waals surface area contributed by atoms with Gasteiger partial charge >= 0.3 is 0 Å². The Kier molecular flexibility index (Phi) is 4.65. The van der Waals surface area contributed by atoms with Gasteiger partial charge in [0.15, 0.2) is 0 Å². The molecule has 0 saturated heterocycles. The summed E-state index contributed by atoms with van der Waals surface area (Å²) in [6.45, 7) is 6.90. The van der Waals surface area contributed by atoms with Gasteiger partial charge in [-0.1, -0.05) is 6.92 Å². The smallest absolute Gasteiger partial charge is 0.241 e. The molecule has 0 aliphatic carbocycles. The highest BCUT2D eigenvalue weighted by Gasteiger charge is 2.23. The SMILES string of the molecule is CCc1cc2c(OCC(C)(C)N(C)C)nc(NN)nc2s1. The van der Waals surface area contributed by atoms with Gasteiger partial charge in [0.2, 0.25) is 11.8 Å². The average Bonchev–Trinajstić information content (AvgIpc) is 2.87. The number of nitrogens with zero attached hydrogens (tertiary/aromatic N) is 3. The lowest BCUT2D eigenvalue weighted by atomic mass is 10.1. The third kappa shape index (κ3) is 3.42. The number of anilines is 1. The lowest BCUT2D eigenvalue weighted by Crippen LogP contribution is -2.43. The lowest BCUT2D eigenvalue weighted by molar-refractivity contribution is 0.112. The quantitative estimate of drug-likeness (QED) is 0.629. The number of aryl methyl sites for hydroxylation is 1. The molecule has 7 heteroatoms. The van der Waals surface area contributed by atoms with E-state index in [-0.39, 0.29) is 5.54 Å². The van der Waals surface area contributed by atoms with Gasteiger partial charge in [0.1, 0.15) is 11.4 Å². The summed E-state index contributed by atoms with van der Waals surface area (Å²) in [7, 11) is 4.07. The molecule has 0 aliphatic rings. The van der Waals surface area contributed by atoms with Crippen LogP contribution in [0.25, 0.3) is 10.2 Å². The number of nitrogens with two attached hydrogens (primary N) is 1. The van der Waals surface area contributed by atoms with Gasteiger partial charge in [0, 0.05) is 10.4 Å². The van der Waals surface area contributed by atoms with Crippen LogP contribution in [0, 0.1) is 0 Å². The van der Waals surface area contributed by atoms with Crippen LogP contribution in [-0.2, 0) is 6.42 Å². The maximum absolute atomic E-state index is 5.96. The third-order valence-corrected chi connectivity index (χ3v) is 4.83. The molecule has 0 radical (unpaired) electrons. The van der Waals surface area contributed by atoms with Crippen LogP contribution in [0.2, 0.25) is 0 Å². The molecule has 0 amide bonds. The second-order valence-electron chi connectivity index (χ2n) is 5.78. The normalized spacial score (nSPS) is 12.1. The number of nitrogen functional groups attached to an aromatic ring is 1. The van der Waals surface area contributed by atoms with Crippen molar-refractivity contribution in [2.75, 3.05) is 26.1 Å². The van der Waals surface area contributed by atoms with Crippen LogP contribution in [0.15, 0.2) is 6.07 Å². The molecule has 0 bridgehead atoms. The Bertz CT molecular complexity index is 623. The van der Waals surface area contributed by atoms with Crippen molar-refractivity contribution in [3.63, 3.8) is 0 Å². The van der Waals surface area contributed by atoms with Crippen molar-refractivity contribution in [2.24, 2.45) is 5.84 Å². The Hall–Kier alpha value is -1.44. The summed E-state index contributed by atoms with van der Waals surface area (Å²) in [4.78, 5) is 13.0. The Balaban J connectivity index is 2.35. The topological polar surface area (TPSA) is 76.3 Å². The number of hydrogen-bond donors (Lipinski definition) is 2. The molecule has 0 aliphatic heterocycles. The predicted octanol–water partition coefficient (Wildman–Crippen LogP) is 2.26. The fourth-order valence-corrected chi connectivity index (χ4v) is 2.63. The van der Waals surface area contributed by atoms with E-state index >= 15 is 0 Å². The molecule has 2 aromatic heterocycles. The van der Waals surface area contributed by atoms with Crippen LogP contribution in [0.1, 0.15) is 25.6 Å². The van der Waals surface area contributed by atoms with Gasteiger partial charge in [-0.05, 0) is 40.4 Å². The molecule has 116 valence electrons. The van der Waals surface area contributed by atoms with Crippen molar-refractivity contribution >= 4 is 27.5 Å². The van der Waals surface area contributed by atoms with Crippen LogP contribution >= 0.6 is 11.3 Å². The zero-order valence-corrected chi connectivity index (χ0v) is 14.0. The molecule has 0 aromatic carbocycles. The maximum Gasteiger partial charge on any atom is 0.241 e. The first-order valence-electron chi connectivity index (χ1n) is 6.94. The Morgan fingerprint density at radius 1 is 1.38 bits per heavy atom. The number of thiophene rings is 1. The van der Waals surface area contributed by atoms with Gasteiger partial charge < -0.3 is 9.64 Å². The van der Waals surface area contributed by atoms with Crippen molar-refractivity contribution in [1.29, 1.82) is 0 Å². The van der Waals surface area contributed by atoms with E-state index in [0.29, 0.717) is 18.4 Å². The van der Waals surface area contributed by atoms with E-state index < -0.39 is 0 Å². The second-order valence-corrected chi connectivity index (χ2v) is 6.89. The minimum Gasteiger partial charge on any atom is -0.475 e. The van der Waals surface area contributed by atoms with Crippen molar-refractivity contribution in [2.45, 2.75) is 32.7 Å². The lowest BCUT2D eigenvalue weighted by Gasteiger charge is -2.31. The van der Waals surface area contributed by atoms with Crippen LogP contribution in [-0.4, -0.2) is 41.1 Å². The number of nitrogens with one attached hydrogen (secondary N) is 1. The highest BCUT2D eigenvalue weighted by molar-refractivity contribution is 7.18. The molecular weight excluding hydrogens is 286 g/mol. The first-order chi connectivity index (χ1) is 9.87.